The highest BCUT2D eigenvalue weighted by Crippen LogP contribution is 2.31. The van der Waals surface area contributed by atoms with E-state index in [-0.39, 0.29) is 21.2 Å². The number of rotatable bonds is 5. The fraction of sp³-hybridized carbons (Fsp3) is 0.136. The van der Waals surface area contributed by atoms with E-state index in [0.29, 0.717) is 11.8 Å². The van der Waals surface area contributed by atoms with E-state index in [1.54, 1.807) is 6.07 Å². The van der Waals surface area contributed by atoms with Crippen molar-refractivity contribution in [3.05, 3.63) is 87.9 Å². The van der Waals surface area contributed by atoms with Gasteiger partial charge >= 0.3 is 6.18 Å². The molecule has 0 bridgehead atoms. The predicted octanol–water partition coefficient (Wildman–Crippen LogP) is 6.03. The van der Waals surface area contributed by atoms with E-state index in [1.807, 2.05) is 26.0 Å². The Balaban J connectivity index is 1.89. The van der Waals surface area contributed by atoms with Crippen LogP contribution in [0.15, 0.2) is 65.6 Å². The number of anilines is 2. The molecule has 0 atom stereocenters. The third-order valence-electron chi connectivity index (χ3n) is 4.56. The highest BCUT2D eigenvalue weighted by atomic mass is 35.5. The molecule has 0 heterocycles. The molecule has 0 saturated carbocycles. The van der Waals surface area contributed by atoms with Crippen molar-refractivity contribution >= 4 is 38.9 Å². The van der Waals surface area contributed by atoms with Crippen molar-refractivity contribution in [1.82, 2.24) is 0 Å². The van der Waals surface area contributed by atoms with E-state index in [4.69, 9.17) is 11.6 Å². The van der Waals surface area contributed by atoms with Gasteiger partial charge in [0.15, 0.2) is 0 Å². The molecule has 0 aliphatic rings. The summed E-state index contributed by atoms with van der Waals surface area (Å²) < 4.78 is 66.3. The fourth-order valence-corrected chi connectivity index (χ4v) is 4.24. The van der Waals surface area contributed by atoms with E-state index in [0.717, 1.165) is 35.4 Å². The first-order valence-corrected chi connectivity index (χ1v) is 11.1. The number of alkyl halides is 3. The molecule has 168 valence electrons. The summed E-state index contributed by atoms with van der Waals surface area (Å²) in [5.41, 5.74) is 0.987. The number of carbonyl (C=O) groups is 1. The van der Waals surface area contributed by atoms with Crippen LogP contribution in [0.25, 0.3) is 0 Å². The monoisotopic (exact) mass is 482 g/mol. The van der Waals surface area contributed by atoms with Crippen molar-refractivity contribution in [3.63, 3.8) is 0 Å². The first-order valence-electron chi connectivity index (χ1n) is 9.25. The number of hydrogen-bond donors (Lipinski definition) is 2. The van der Waals surface area contributed by atoms with E-state index in [2.05, 4.69) is 10.0 Å². The molecule has 0 spiro atoms. The Morgan fingerprint density at radius 2 is 1.69 bits per heavy atom. The Morgan fingerprint density at radius 1 is 0.969 bits per heavy atom. The van der Waals surface area contributed by atoms with Crippen LogP contribution >= 0.6 is 11.6 Å². The van der Waals surface area contributed by atoms with Gasteiger partial charge in [0, 0.05) is 11.4 Å². The summed E-state index contributed by atoms with van der Waals surface area (Å²) in [5.74, 6) is -0.627. The summed E-state index contributed by atoms with van der Waals surface area (Å²) >= 11 is 6.10. The van der Waals surface area contributed by atoms with Crippen molar-refractivity contribution in [2.24, 2.45) is 0 Å². The Bertz CT molecular complexity index is 1290. The van der Waals surface area contributed by atoms with Crippen LogP contribution in [0, 0.1) is 13.8 Å². The third kappa shape index (κ3) is 5.41. The summed E-state index contributed by atoms with van der Waals surface area (Å²) in [4.78, 5) is 12.4. The lowest BCUT2D eigenvalue weighted by molar-refractivity contribution is -0.137. The lowest BCUT2D eigenvalue weighted by atomic mass is 10.1. The summed E-state index contributed by atoms with van der Waals surface area (Å²) in [5, 5.41) is 2.70. The zero-order valence-electron chi connectivity index (χ0n) is 16.9. The van der Waals surface area contributed by atoms with Gasteiger partial charge in [-0.25, -0.2) is 8.42 Å². The molecule has 0 unspecified atom stereocenters. The van der Waals surface area contributed by atoms with Crippen molar-refractivity contribution in [2.45, 2.75) is 24.9 Å². The fourth-order valence-electron chi connectivity index (χ4n) is 2.96. The van der Waals surface area contributed by atoms with Crippen molar-refractivity contribution in [3.8, 4) is 0 Å². The van der Waals surface area contributed by atoms with E-state index in [9.17, 15) is 26.4 Å². The molecule has 3 aromatic carbocycles. The maximum absolute atomic E-state index is 12.9. The van der Waals surface area contributed by atoms with Crippen LogP contribution in [0.5, 0.6) is 0 Å². The van der Waals surface area contributed by atoms with Crippen LogP contribution in [0.4, 0.5) is 24.5 Å². The van der Waals surface area contributed by atoms with Gasteiger partial charge in [-0.2, -0.15) is 13.2 Å². The first-order chi connectivity index (χ1) is 14.9. The van der Waals surface area contributed by atoms with E-state index in [1.165, 1.54) is 12.1 Å². The Morgan fingerprint density at radius 3 is 2.34 bits per heavy atom. The lowest BCUT2D eigenvalue weighted by Crippen LogP contribution is -2.17. The third-order valence-corrected chi connectivity index (χ3v) is 6.27. The average Bonchev–Trinajstić information content (AvgIpc) is 2.69. The molecule has 3 rings (SSSR count). The van der Waals surface area contributed by atoms with Gasteiger partial charge in [-0.15, -0.1) is 0 Å². The molecule has 0 aliphatic heterocycles. The maximum Gasteiger partial charge on any atom is 0.416 e. The molecule has 0 radical (unpaired) electrons. The standard InChI is InChI=1S/C22H18ClF3N2O3S/c1-13-6-9-20(14(2)10-13)27-21(29)18-12-17(7-8-19(18)23)32(30,31)28-16-5-3-4-15(11-16)22(24,25)26/h3-12,28H,1-2H3,(H,27,29). The predicted molar refractivity (Wildman–Crippen MR) is 118 cm³/mol. The van der Waals surface area contributed by atoms with Crippen molar-refractivity contribution in [2.75, 3.05) is 10.0 Å². The van der Waals surface area contributed by atoms with Gasteiger partial charge in [0.05, 0.1) is 21.0 Å². The molecule has 32 heavy (non-hydrogen) atoms. The van der Waals surface area contributed by atoms with Crippen LogP contribution < -0.4 is 10.0 Å². The molecular weight excluding hydrogens is 465 g/mol. The van der Waals surface area contributed by atoms with Gasteiger partial charge in [0.25, 0.3) is 15.9 Å². The minimum atomic E-state index is -4.62. The second-order valence-electron chi connectivity index (χ2n) is 7.10. The molecule has 2 N–H and O–H groups in total. The summed E-state index contributed by atoms with van der Waals surface area (Å²) in [6.07, 6.45) is -4.62. The van der Waals surface area contributed by atoms with E-state index >= 15 is 0 Å². The minimum absolute atomic E-state index is 0.0188. The molecule has 3 aromatic rings. The van der Waals surface area contributed by atoms with Gasteiger partial charge in [0.2, 0.25) is 0 Å². The van der Waals surface area contributed by atoms with Crippen molar-refractivity contribution < 1.29 is 26.4 Å². The number of carbonyl (C=O) groups excluding carboxylic acids is 1. The smallest absolute Gasteiger partial charge is 0.322 e. The van der Waals surface area contributed by atoms with Crippen LogP contribution in [0.2, 0.25) is 5.02 Å². The number of benzene rings is 3. The molecular formula is C22H18ClF3N2O3S. The molecule has 0 aromatic heterocycles. The zero-order chi connectivity index (χ0) is 23.7. The minimum Gasteiger partial charge on any atom is -0.322 e. The maximum atomic E-state index is 12.9. The first kappa shape index (κ1) is 23.6. The van der Waals surface area contributed by atoms with Crippen LogP contribution in [0.1, 0.15) is 27.0 Å². The second-order valence-corrected chi connectivity index (χ2v) is 9.19. The molecule has 5 nitrogen and oxygen atoms in total. The topological polar surface area (TPSA) is 75.3 Å². The normalized spacial score (nSPS) is 11.8. The van der Waals surface area contributed by atoms with Gasteiger partial charge in [-0.1, -0.05) is 35.4 Å². The second kappa shape index (κ2) is 8.84. The van der Waals surface area contributed by atoms with Crippen LogP contribution in [-0.4, -0.2) is 14.3 Å². The Hall–Kier alpha value is -3.04. The number of nitrogens with one attached hydrogen (secondary N) is 2. The number of aryl methyl sites for hydroxylation is 2. The van der Waals surface area contributed by atoms with Gasteiger partial charge in [-0.05, 0) is 61.9 Å². The van der Waals surface area contributed by atoms with Gasteiger partial charge in [-0.3, -0.25) is 9.52 Å². The molecule has 0 fully saturated rings. The number of halogens is 4. The quantitative estimate of drug-likeness (QED) is 0.466. The molecule has 1 amide bonds. The highest BCUT2D eigenvalue weighted by molar-refractivity contribution is 7.92. The Kier molecular flexibility index (Phi) is 6.52. The van der Waals surface area contributed by atoms with Gasteiger partial charge in [0.1, 0.15) is 0 Å². The largest absolute Gasteiger partial charge is 0.416 e. The number of amides is 1. The molecule has 10 heteroatoms. The summed E-state index contributed by atoms with van der Waals surface area (Å²) in [7, 11) is -4.29. The summed E-state index contributed by atoms with van der Waals surface area (Å²) in [6, 6.07) is 12.6. The molecule has 0 saturated heterocycles. The SMILES string of the molecule is Cc1ccc(NC(=O)c2cc(S(=O)(=O)Nc3cccc(C(F)(F)F)c3)ccc2Cl)c(C)c1. The lowest BCUT2D eigenvalue weighted by Gasteiger charge is -2.13. The number of sulfonamides is 1. The van der Waals surface area contributed by atoms with Crippen LogP contribution in [-0.2, 0) is 16.2 Å². The summed E-state index contributed by atoms with van der Waals surface area (Å²) in [6.45, 7) is 3.71. The van der Waals surface area contributed by atoms with Gasteiger partial charge < -0.3 is 5.32 Å². The van der Waals surface area contributed by atoms with E-state index < -0.39 is 27.7 Å². The number of hydrogen-bond acceptors (Lipinski definition) is 3. The Labute approximate surface area is 188 Å². The molecule has 0 aliphatic carbocycles. The highest BCUT2D eigenvalue weighted by Gasteiger charge is 2.31. The average molecular weight is 483 g/mol. The van der Waals surface area contributed by atoms with Crippen LogP contribution in [0.3, 0.4) is 0 Å². The zero-order valence-corrected chi connectivity index (χ0v) is 18.5. The van der Waals surface area contributed by atoms with Crippen molar-refractivity contribution in [1.29, 1.82) is 0 Å².